The monoisotopic (exact) mass is 456 g/mol. The second-order valence-electron chi connectivity index (χ2n) is 6.78. The van der Waals surface area contributed by atoms with E-state index >= 15 is 0 Å². The third kappa shape index (κ3) is 5.23. The van der Waals surface area contributed by atoms with Crippen molar-refractivity contribution in [2.75, 3.05) is 0 Å². The van der Waals surface area contributed by atoms with Crippen LogP contribution >= 0.6 is 22.8 Å². The second-order valence-corrected chi connectivity index (χ2v) is 12.6. The van der Waals surface area contributed by atoms with Gasteiger partial charge in [0.1, 0.15) is 34.3 Å². The number of hydrogen-bond acceptors (Lipinski definition) is 9. The number of nitrogens with one attached hydrogen (secondary N) is 3. The van der Waals surface area contributed by atoms with E-state index in [1.807, 2.05) is 0 Å². The van der Waals surface area contributed by atoms with Crippen molar-refractivity contribution in [2.24, 2.45) is 17.2 Å². The zero-order valence-electron chi connectivity index (χ0n) is 14.7. The van der Waals surface area contributed by atoms with E-state index in [1.54, 1.807) is 0 Å². The highest BCUT2D eigenvalue weighted by atomic mass is 31.2. The van der Waals surface area contributed by atoms with Crippen molar-refractivity contribution < 1.29 is 43.1 Å². The maximum atomic E-state index is 11.7. The lowest BCUT2D eigenvalue weighted by molar-refractivity contribution is -0.0125. The van der Waals surface area contributed by atoms with E-state index in [0.29, 0.717) is 0 Å². The zero-order chi connectivity index (χ0) is 21.9. The lowest BCUT2D eigenvalue weighted by Crippen LogP contribution is -2.96. The summed E-state index contributed by atoms with van der Waals surface area (Å²) in [6, 6.07) is 0. The molecule has 1 aliphatic heterocycles. The molecule has 18 heteroatoms. The molecule has 1 fully saturated rings. The fourth-order valence-electron chi connectivity index (χ4n) is 2.54. The molecule has 3 atom stereocenters. The third-order valence-electron chi connectivity index (χ3n) is 4.73. The van der Waals surface area contributed by atoms with Gasteiger partial charge in [0.15, 0.2) is 0 Å². The van der Waals surface area contributed by atoms with E-state index in [-0.39, 0.29) is 0 Å². The van der Waals surface area contributed by atoms with Crippen molar-refractivity contribution >= 4 is 22.8 Å². The van der Waals surface area contributed by atoms with Crippen LogP contribution in [0.3, 0.4) is 0 Å². The summed E-state index contributed by atoms with van der Waals surface area (Å²) in [5, 5.41) is 6.89. The van der Waals surface area contributed by atoms with Crippen molar-refractivity contribution in [1.82, 2.24) is 16.0 Å². The molecule has 0 amide bonds. The quantitative estimate of drug-likeness (QED) is 0.171. The van der Waals surface area contributed by atoms with Gasteiger partial charge in [0.25, 0.3) is 0 Å². The van der Waals surface area contributed by atoms with Crippen LogP contribution in [0.1, 0.15) is 20.8 Å². The molecule has 27 heavy (non-hydrogen) atoms. The standard InChI is InChI=1S/C9H27N6O9P3/c1-4(25(16,17)18)7(10)13-8(11,5(2)26(19,20)21)15-9(12,14-7)6(3)27(22,23)24/h4-6,13-15H,10-12H2,1-3H3,(H2,16,17,18)(H2,19,20,21)(H2,22,23,24). The number of nitrogens with two attached hydrogens (primary N) is 3. The van der Waals surface area contributed by atoms with Gasteiger partial charge in [-0.15, -0.1) is 0 Å². The summed E-state index contributed by atoms with van der Waals surface area (Å²) in [4.78, 5) is 56.9. The molecule has 1 rings (SSSR count). The first-order chi connectivity index (χ1) is 11.6. The van der Waals surface area contributed by atoms with Gasteiger partial charge in [0.2, 0.25) is 0 Å². The summed E-state index contributed by atoms with van der Waals surface area (Å²) in [5.74, 6) is -7.12. The predicted molar refractivity (Wildman–Crippen MR) is 94.7 cm³/mol. The van der Waals surface area contributed by atoms with E-state index in [9.17, 15) is 43.1 Å². The molecule has 1 aliphatic rings. The van der Waals surface area contributed by atoms with Crippen molar-refractivity contribution in [2.45, 2.75) is 55.1 Å². The number of hydrogen-bond donors (Lipinski definition) is 12. The largest absolute Gasteiger partial charge is 0.332 e. The summed E-state index contributed by atoms with van der Waals surface area (Å²) in [7, 11) is -14.8. The summed E-state index contributed by atoms with van der Waals surface area (Å²) >= 11 is 0. The van der Waals surface area contributed by atoms with E-state index in [1.165, 1.54) is 0 Å². The zero-order valence-corrected chi connectivity index (χ0v) is 17.4. The Hall–Kier alpha value is 0.210. The molecule has 0 aliphatic carbocycles. The van der Waals surface area contributed by atoms with E-state index < -0.39 is 57.1 Å². The molecule has 0 saturated carbocycles. The molecule has 0 spiro atoms. The molecule has 162 valence electrons. The maximum Gasteiger partial charge on any atom is 0.332 e. The van der Waals surface area contributed by atoms with Crippen molar-refractivity contribution in [3.63, 3.8) is 0 Å². The predicted octanol–water partition coefficient (Wildman–Crippen LogP) is -3.70. The molecule has 15 N–H and O–H groups in total. The third-order valence-corrected chi connectivity index (χ3v) is 8.98. The molecule has 1 saturated heterocycles. The summed E-state index contributed by atoms with van der Waals surface area (Å²) in [5.41, 5.74) is 12.6. The topological polar surface area (TPSA) is 287 Å². The van der Waals surface area contributed by atoms with Crippen LogP contribution in [0.2, 0.25) is 0 Å². The minimum atomic E-state index is -4.92. The average Bonchev–Trinajstić information content (AvgIpc) is 2.40. The molecule has 0 aromatic carbocycles. The minimum absolute atomic E-state index is 0.997. The van der Waals surface area contributed by atoms with Crippen LogP contribution in [0.15, 0.2) is 0 Å². The Morgan fingerprint density at radius 2 is 0.741 bits per heavy atom. The molecule has 3 unspecified atom stereocenters. The molecular formula is C9H27N6O9P3. The van der Waals surface area contributed by atoms with Crippen LogP contribution in [0.5, 0.6) is 0 Å². The van der Waals surface area contributed by atoms with E-state index in [0.717, 1.165) is 20.8 Å². The first kappa shape index (κ1) is 25.2. The molecule has 0 aromatic rings. The Morgan fingerprint density at radius 1 is 0.593 bits per heavy atom. The van der Waals surface area contributed by atoms with Crippen LogP contribution < -0.4 is 33.2 Å². The molecule has 0 bridgehead atoms. The Balaban J connectivity index is 3.61. The fourth-order valence-corrected chi connectivity index (χ4v) is 4.52. The molecule has 0 aromatic heterocycles. The highest BCUT2D eigenvalue weighted by Crippen LogP contribution is 2.51. The van der Waals surface area contributed by atoms with Crippen molar-refractivity contribution in [3.8, 4) is 0 Å². The first-order valence-corrected chi connectivity index (χ1v) is 12.5. The minimum Gasteiger partial charge on any atom is -0.324 e. The van der Waals surface area contributed by atoms with Gasteiger partial charge >= 0.3 is 22.8 Å². The van der Waals surface area contributed by atoms with Crippen molar-refractivity contribution in [1.29, 1.82) is 0 Å². The van der Waals surface area contributed by atoms with Gasteiger partial charge in [-0.2, -0.15) is 0 Å². The number of rotatable bonds is 6. The summed E-state index contributed by atoms with van der Waals surface area (Å²) < 4.78 is 35.1. The van der Waals surface area contributed by atoms with Crippen LogP contribution in [0, 0.1) is 0 Å². The van der Waals surface area contributed by atoms with Gasteiger partial charge in [-0.25, -0.2) is 0 Å². The highest BCUT2D eigenvalue weighted by Gasteiger charge is 2.61. The molecule has 1 heterocycles. The Bertz CT molecular complexity index is 617. The van der Waals surface area contributed by atoms with Crippen LogP contribution in [0.25, 0.3) is 0 Å². The normalized spacial score (nSPS) is 36.9. The van der Waals surface area contributed by atoms with Gasteiger partial charge < -0.3 is 29.4 Å². The smallest absolute Gasteiger partial charge is 0.324 e. The maximum absolute atomic E-state index is 11.7. The van der Waals surface area contributed by atoms with Gasteiger partial charge in [0, 0.05) is 0 Å². The first-order valence-electron chi connectivity index (χ1n) is 7.49. The van der Waals surface area contributed by atoms with Crippen LogP contribution in [0.4, 0.5) is 0 Å². The van der Waals surface area contributed by atoms with Crippen LogP contribution in [-0.4, -0.2) is 63.7 Å². The van der Waals surface area contributed by atoms with Gasteiger partial charge in [-0.05, 0) is 20.8 Å². The van der Waals surface area contributed by atoms with E-state index in [4.69, 9.17) is 17.2 Å². The Labute approximate surface area is 154 Å². The molecule has 0 radical (unpaired) electrons. The summed E-state index contributed by atoms with van der Waals surface area (Å²) in [6.07, 6.45) is 0. The second kappa shape index (κ2) is 7.17. The highest BCUT2D eigenvalue weighted by molar-refractivity contribution is 7.53. The molecular weight excluding hydrogens is 429 g/mol. The lowest BCUT2D eigenvalue weighted by atomic mass is 10.0. The Morgan fingerprint density at radius 3 is 0.852 bits per heavy atom. The van der Waals surface area contributed by atoms with Crippen molar-refractivity contribution in [3.05, 3.63) is 0 Å². The Kier molecular flexibility index (Phi) is 6.70. The average molecular weight is 456 g/mol. The van der Waals surface area contributed by atoms with Crippen LogP contribution in [-0.2, 0) is 13.7 Å². The summed E-state index contributed by atoms with van der Waals surface area (Å²) in [6.45, 7) is 2.99. The van der Waals surface area contributed by atoms with Gasteiger partial charge in [0.05, 0.1) is 0 Å². The fraction of sp³-hybridized carbons (Fsp3) is 1.00. The van der Waals surface area contributed by atoms with Gasteiger partial charge in [-0.3, -0.25) is 46.8 Å². The lowest BCUT2D eigenvalue weighted by Gasteiger charge is -2.58. The van der Waals surface area contributed by atoms with E-state index in [2.05, 4.69) is 16.0 Å². The SMILES string of the molecule is CC(C1(N)NC(N)(C(C)P(=O)(O)O)NC(N)(C(C)P(=O)(O)O)N1)P(=O)(O)O. The van der Waals surface area contributed by atoms with Gasteiger partial charge in [-0.1, -0.05) is 0 Å². The molecule has 15 nitrogen and oxygen atoms in total.